The minimum Gasteiger partial charge on any atom is -0.481 e. The van der Waals surface area contributed by atoms with Crippen molar-refractivity contribution in [2.45, 2.75) is 32.7 Å². The van der Waals surface area contributed by atoms with Crippen LogP contribution in [0.25, 0.3) is 0 Å². The molecule has 0 aromatic heterocycles. The van der Waals surface area contributed by atoms with E-state index in [0.717, 1.165) is 18.5 Å². The van der Waals surface area contributed by atoms with Crippen molar-refractivity contribution in [3.8, 4) is 6.07 Å². The molecule has 1 atom stereocenters. The highest BCUT2D eigenvalue weighted by Crippen LogP contribution is 2.17. The normalized spacial score (nSPS) is 11.8. The number of nitrogens with one attached hydrogen (secondary N) is 1. The van der Waals surface area contributed by atoms with Gasteiger partial charge in [-0.1, -0.05) is 24.6 Å². The number of hydrogen-bond donors (Lipinski definition) is 2. The zero-order chi connectivity index (χ0) is 15.0. The van der Waals surface area contributed by atoms with E-state index in [1.165, 1.54) is 0 Å². The standard InChI is InChI=1S/C15H19ClN2O2/c1-11(2-5-15(19)20)6-7-18-10-13-4-3-12(9-17)8-14(13)16/h3-4,8,11,18H,2,5-7,10H2,1H3,(H,19,20). The summed E-state index contributed by atoms with van der Waals surface area (Å²) < 4.78 is 0. The molecule has 0 saturated heterocycles. The Hall–Kier alpha value is -1.57. The van der Waals surface area contributed by atoms with Gasteiger partial charge in [-0.25, -0.2) is 0 Å². The van der Waals surface area contributed by atoms with Crippen molar-refractivity contribution >= 4 is 17.6 Å². The summed E-state index contributed by atoms with van der Waals surface area (Å²) in [6.45, 7) is 3.52. The molecule has 0 saturated carbocycles. The summed E-state index contributed by atoms with van der Waals surface area (Å²) in [7, 11) is 0. The van der Waals surface area contributed by atoms with Gasteiger partial charge in [0.1, 0.15) is 0 Å². The van der Waals surface area contributed by atoms with Crippen LogP contribution in [0.3, 0.4) is 0 Å². The maximum atomic E-state index is 10.5. The quantitative estimate of drug-likeness (QED) is 0.722. The van der Waals surface area contributed by atoms with E-state index in [0.29, 0.717) is 29.5 Å². The van der Waals surface area contributed by atoms with E-state index in [2.05, 4.69) is 12.2 Å². The summed E-state index contributed by atoms with van der Waals surface area (Å²) in [6.07, 6.45) is 1.86. The number of carboxylic acids is 1. The van der Waals surface area contributed by atoms with Crippen molar-refractivity contribution in [1.82, 2.24) is 5.32 Å². The molecular formula is C15H19ClN2O2. The van der Waals surface area contributed by atoms with Gasteiger partial charge in [-0.3, -0.25) is 4.79 Å². The van der Waals surface area contributed by atoms with E-state index < -0.39 is 5.97 Å². The number of carbonyl (C=O) groups is 1. The average Bonchev–Trinajstić information content (AvgIpc) is 2.42. The lowest BCUT2D eigenvalue weighted by atomic mass is 10.0. The van der Waals surface area contributed by atoms with Crippen molar-refractivity contribution in [3.05, 3.63) is 34.3 Å². The molecule has 0 radical (unpaired) electrons. The van der Waals surface area contributed by atoms with Gasteiger partial charge in [0, 0.05) is 18.0 Å². The van der Waals surface area contributed by atoms with Crippen molar-refractivity contribution in [3.63, 3.8) is 0 Å². The molecule has 0 spiro atoms. The van der Waals surface area contributed by atoms with Crippen LogP contribution < -0.4 is 5.32 Å². The Labute approximate surface area is 124 Å². The van der Waals surface area contributed by atoms with E-state index in [-0.39, 0.29) is 6.42 Å². The van der Waals surface area contributed by atoms with Gasteiger partial charge in [0.25, 0.3) is 0 Å². The summed E-state index contributed by atoms with van der Waals surface area (Å²) in [5.74, 6) is -0.357. The Morgan fingerprint density at radius 3 is 2.85 bits per heavy atom. The highest BCUT2D eigenvalue weighted by atomic mass is 35.5. The lowest BCUT2D eigenvalue weighted by molar-refractivity contribution is -0.137. The van der Waals surface area contributed by atoms with Crippen LogP contribution in [0, 0.1) is 17.2 Å². The topological polar surface area (TPSA) is 73.1 Å². The van der Waals surface area contributed by atoms with Crippen molar-refractivity contribution in [1.29, 1.82) is 5.26 Å². The molecule has 1 unspecified atom stereocenters. The second-order valence-corrected chi connectivity index (χ2v) is 5.33. The zero-order valence-electron chi connectivity index (χ0n) is 11.5. The Morgan fingerprint density at radius 1 is 1.50 bits per heavy atom. The minimum atomic E-state index is -0.742. The fraction of sp³-hybridized carbons (Fsp3) is 0.467. The number of benzene rings is 1. The third-order valence-corrected chi connectivity index (χ3v) is 3.51. The maximum Gasteiger partial charge on any atom is 0.303 e. The predicted octanol–water partition coefficient (Wildman–Crippen LogP) is 3.19. The first-order valence-electron chi connectivity index (χ1n) is 6.64. The minimum absolute atomic E-state index is 0.225. The molecule has 0 bridgehead atoms. The predicted molar refractivity (Wildman–Crippen MR) is 78.5 cm³/mol. The van der Waals surface area contributed by atoms with E-state index in [9.17, 15) is 4.79 Å². The second-order valence-electron chi connectivity index (χ2n) is 4.92. The SMILES string of the molecule is CC(CCNCc1ccc(C#N)cc1Cl)CCC(=O)O. The molecule has 1 aromatic rings. The molecule has 2 N–H and O–H groups in total. The van der Waals surface area contributed by atoms with Crippen molar-refractivity contribution in [2.24, 2.45) is 5.92 Å². The van der Waals surface area contributed by atoms with Crippen LogP contribution in [-0.2, 0) is 11.3 Å². The van der Waals surface area contributed by atoms with Gasteiger partial charge in [-0.05, 0) is 43.0 Å². The van der Waals surface area contributed by atoms with Crippen molar-refractivity contribution in [2.75, 3.05) is 6.54 Å². The largest absolute Gasteiger partial charge is 0.481 e. The first-order chi connectivity index (χ1) is 9.52. The summed E-state index contributed by atoms with van der Waals surface area (Å²) >= 11 is 6.08. The molecule has 0 heterocycles. The fourth-order valence-electron chi connectivity index (χ4n) is 1.85. The number of nitrogens with zero attached hydrogens (tertiary/aromatic N) is 1. The lowest BCUT2D eigenvalue weighted by Gasteiger charge is -2.11. The molecule has 1 aromatic carbocycles. The van der Waals surface area contributed by atoms with Crippen LogP contribution in [0.5, 0.6) is 0 Å². The number of carboxylic acid groups (broad SMARTS) is 1. The van der Waals surface area contributed by atoms with E-state index >= 15 is 0 Å². The molecule has 0 aliphatic carbocycles. The smallest absolute Gasteiger partial charge is 0.303 e. The van der Waals surface area contributed by atoms with Gasteiger partial charge in [0.15, 0.2) is 0 Å². The van der Waals surface area contributed by atoms with Gasteiger partial charge < -0.3 is 10.4 Å². The zero-order valence-corrected chi connectivity index (χ0v) is 12.3. The molecule has 108 valence electrons. The number of halogens is 1. The van der Waals surface area contributed by atoms with E-state index in [1.807, 2.05) is 12.1 Å². The highest BCUT2D eigenvalue weighted by molar-refractivity contribution is 6.31. The van der Waals surface area contributed by atoms with Gasteiger partial charge in [-0.15, -0.1) is 0 Å². The molecule has 0 aliphatic heterocycles. The summed E-state index contributed by atoms with van der Waals surface area (Å²) in [6, 6.07) is 7.31. The maximum absolute atomic E-state index is 10.5. The highest BCUT2D eigenvalue weighted by Gasteiger charge is 2.06. The summed E-state index contributed by atoms with van der Waals surface area (Å²) in [5, 5.41) is 21.2. The van der Waals surface area contributed by atoms with Gasteiger partial charge in [0.05, 0.1) is 11.6 Å². The summed E-state index contributed by atoms with van der Waals surface area (Å²) in [5.41, 5.74) is 1.52. The van der Waals surface area contributed by atoms with Crippen LogP contribution in [0.4, 0.5) is 0 Å². The third kappa shape index (κ3) is 6.05. The fourth-order valence-corrected chi connectivity index (χ4v) is 2.09. The third-order valence-electron chi connectivity index (χ3n) is 3.16. The Bertz CT molecular complexity index is 497. The molecule has 0 aliphatic rings. The first kappa shape index (κ1) is 16.5. The number of hydrogen-bond acceptors (Lipinski definition) is 3. The Kier molecular flexibility index (Phi) is 7.06. The molecule has 0 fully saturated rings. The van der Waals surface area contributed by atoms with Crippen molar-refractivity contribution < 1.29 is 9.90 Å². The van der Waals surface area contributed by atoms with E-state index in [4.69, 9.17) is 22.0 Å². The van der Waals surface area contributed by atoms with Crippen LogP contribution in [0.15, 0.2) is 18.2 Å². The molecule has 5 heteroatoms. The number of aliphatic carboxylic acids is 1. The second kappa shape index (κ2) is 8.57. The number of nitriles is 1. The van der Waals surface area contributed by atoms with E-state index in [1.54, 1.807) is 12.1 Å². The molecule has 4 nitrogen and oxygen atoms in total. The van der Waals surface area contributed by atoms with Crippen LogP contribution >= 0.6 is 11.6 Å². The average molecular weight is 295 g/mol. The Balaban J connectivity index is 2.28. The number of rotatable bonds is 8. The molecule has 1 rings (SSSR count). The van der Waals surface area contributed by atoms with Crippen LogP contribution in [0.1, 0.15) is 37.3 Å². The lowest BCUT2D eigenvalue weighted by Crippen LogP contribution is -2.17. The molecule has 0 amide bonds. The molecule has 20 heavy (non-hydrogen) atoms. The first-order valence-corrected chi connectivity index (χ1v) is 7.01. The monoisotopic (exact) mass is 294 g/mol. The van der Waals surface area contributed by atoms with Crippen LogP contribution in [-0.4, -0.2) is 17.6 Å². The van der Waals surface area contributed by atoms with Gasteiger partial charge in [-0.2, -0.15) is 5.26 Å². The Morgan fingerprint density at radius 2 is 2.25 bits per heavy atom. The summed E-state index contributed by atoms with van der Waals surface area (Å²) in [4.78, 5) is 10.5. The molecular weight excluding hydrogens is 276 g/mol. The van der Waals surface area contributed by atoms with Crippen LogP contribution in [0.2, 0.25) is 5.02 Å². The van der Waals surface area contributed by atoms with Gasteiger partial charge in [0.2, 0.25) is 0 Å². The van der Waals surface area contributed by atoms with Gasteiger partial charge >= 0.3 is 5.97 Å².